The average molecular weight is 141 g/mol. The number of nitrogens with two attached hydrogens (primary N) is 1. The minimum absolute atomic E-state index is 0.185. The van der Waals surface area contributed by atoms with Crippen molar-refractivity contribution in [2.24, 2.45) is 11.7 Å². The van der Waals surface area contributed by atoms with E-state index >= 15 is 0 Å². The van der Waals surface area contributed by atoms with Crippen LogP contribution in [-0.2, 0) is 0 Å². The first kappa shape index (κ1) is 7.76. The van der Waals surface area contributed by atoms with Crippen molar-refractivity contribution in [3.05, 3.63) is 12.2 Å². The molecule has 0 aromatic rings. The first-order chi connectivity index (χ1) is 4.74. The van der Waals surface area contributed by atoms with Gasteiger partial charge in [-0.15, -0.1) is 0 Å². The van der Waals surface area contributed by atoms with Gasteiger partial charge >= 0.3 is 0 Å². The fourth-order valence-electron chi connectivity index (χ4n) is 1.36. The van der Waals surface area contributed by atoms with E-state index in [-0.39, 0.29) is 6.10 Å². The highest BCUT2D eigenvalue weighted by Gasteiger charge is 2.27. The van der Waals surface area contributed by atoms with Gasteiger partial charge in [0.25, 0.3) is 0 Å². The molecule has 1 unspecified atom stereocenters. The summed E-state index contributed by atoms with van der Waals surface area (Å²) in [6, 6.07) is 0. The summed E-state index contributed by atoms with van der Waals surface area (Å²) in [5.74, 6) is 0.455. The molecule has 0 aromatic heterocycles. The van der Waals surface area contributed by atoms with Crippen LogP contribution >= 0.6 is 0 Å². The monoisotopic (exact) mass is 141 g/mol. The van der Waals surface area contributed by atoms with Crippen molar-refractivity contribution in [1.82, 2.24) is 0 Å². The molecule has 2 heteroatoms. The van der Waals surface area contributed by atoms with E-state index in [9.17, 15) is 5.11 Å². The third-order valence-electron chi connectivity index (χ3n) is 2.11. The molecule has 0 aliphatic heterocycles. The van der Waals surface area contributed by atoms with Gasteiger partial charge in [-0.2, -0.15) is 0 Å². The van der Waals surface area contributed by atoms with Crippen molar-refractivity contribution in [2.45, 2.75) is 25.4 Å². The predicted molar refractivity (Wildman–Crippen MR) is 41.5 cm³/mol. The van der Waals surface area contributed by atoms with Crippen LogP contribution in [0.4, 0.5) is 0 Å². The maximum Gasteiger partial charge on any atom is 0.0586 e. The van der Waals surface area contributed by atoms with Crippen molar-refractivity contribution >= 4 is 0 Å². The molecular weight excluding hydrogens is 126 g/mol. The Kier molecular flexibility index (Phi) is 2.46. The molecule has 3 N–H and O–H groups in total. The van der Waals surface area contributed by atoms with Crippen LogP contribution in [0.25, 0.3) is 0 Å². The Labute approximate surface area is 61.7 Å². The van der Waals surface area contributed by atoms with Gasteiger partial charge in [-0.25, -0.2) is 0 Å². The van der Waals surface area contributed by atoms with Crippen molar-refractivity contribution in [2.75, 3.05) is 6.54 Å². The number of hydrogen-bond donors (Lipinski definition) is 2. The lowest BCUT2D eigenvalue weighted by Crippen LogP contribution is -2.29. The van der Waals surface area contributed by atoms with Crippen molar-refractivity contribution in [3.63, 3.8) is 0 Å². The number of hydrogen-bond acceptors (Lipinski definition) is 2. The molecule has 0 amide bonds. The molecule has 58 valence electrons. The smallest absolute Gasteiger partial charge is 0.0586 e. The average Bonchev–Trinajstić information content (AvgIpc) is 1.82. The quantitative estimate of drug-likeness (QED) is 0.567. The van der Waals surface area contributed by atoms with E-state index in [1.54, 1.807) is 0 Å². The summed E-state index contributed by atoms with van der Waals surface area (Å²) in [6.07, 6.45) is 2.55. The van der Waals surface area contributed by atoms with E-state index in [4.69, 9.17) is 5.73 Å². The van der Waals surface area contributed by atoms with Gasteiger partial charge in [0.1, 0.15) is 0 Å². The Bertz CT molecular complexity index is 125. The van der Waals surface area contributed by atoms with Crippen LogP contribution in [0, 0.1) is 5.92 Å². The molecule has 1 aliphatic rings. The molecule has 0 saturated heterocycles. The second-order valence-electron chi connectivity index (χ2n) is 3.06. The number of aliphatic hydroxyl groups excluding tert-OH is 1. The fourth-order valence-corrected chi connectivity index (χ4v) is 1.36. The maximum atomic E-state index is 9.37. The highest BCUT2D eigenvalue weighted by atomic mass is 16.3. The van der Waals surface area contributed by atoms with E-state index in [0.29, 0.717) is 12.5 Å². The minimum Gasteiger partial charge on any atom is -0.393 e. The lowest BCUT2D eigenvalue weighted by atomic mass is 9.76. The second-order valence-corrected chi connectivity index (χ2v) is 3.06. The fraction of sp³-hybridized carbons (Fsp3) is 0.750. The van der Waals surface area contributed by atoms with Gasteiger partial charge in [0.15, 0.2) is 0 Å². The molecule has 1 aliphatic carbocycles. The number of rotatable bonds is 3. The third-order valence-corrected chi connectivity index (χ3v) is 2.11. The summed E-state index contributed by atoms with van der Waals surface area (Å²) >= 11 is 0. The molecule has 1 fully saturated rings. The lowest BCUT2D eigenvalue weighted by molar-refractivity contribution is 0.0809. The van der Waals surface area contributed by atoms with Crippen LogP contribution in [0.2, 0.25) is 0 Å². The highest BCUT2D eigenvalue weighted by Crippen LogP contribution is 2.34. The van der Waals surface area contributed by atoms with Crippen LogP contribution in [-0.4, -0.2) is 17.8 Å². The molecule has 0 radical (unpaired) electrons. The molecule has 1 rings (SSSR count). The lowest BCUT2D eigenvalue weighted by Gasteiger charge is -2.32. The molecule has 1 saturated carbocycles. The zero-order chi connectivity index (χ0) is 7.56. The van der Waals surface area contributed by atoms with Crippen LogP contribution < -0.4 is 5.73 Å². The maximum absolute atomic E-state index is 9.37. The summed E-state index contributed by atoms with van der Waals surface area (Å²) in [7, 11) is 0. The van der Waals surface area contributed by atoms with E-state index in [1.165, 1.54) is 5.57 Å². The van der Waals surface area contributed by atoms with Crippen LogP contribution in [0.15, 0.2) is 12.2 Å². The Morgan fingerprint density at radius 3 is 2.70 bits per heavy atom. The first-order valence-electron chi connectivity index (χ1n) is 3.79. The molecular formula is C8H15NO. The largest absolute Gasteiger partial charge is 0.393 e. The molecule has 0 heterocycles. The minimum atomic E-state index is -0.185. The SMILES string of the molecule is C=C1CC(C(O)CCN)C1. The Morgan fingerprint density at radius 2 is 2.30 bits per heavy atom. The molecule has 2 nitrogen and oxygen atoms in total. The van der Waals surface area contributed by atoms with Crippen LogP contribution in [0.1, 0.15) is 19.3 Å². The van der Waals surface area contributed by atoms with Gasteiger partial charge in [-0.05, 0) is 31.7 Å². The van der Waals surface area contributed by atoms with Crippen molar-refractivity contribution < 1.29 is 5.11 Å². The number of aliphatic hydroxyl groups is 1. The van der Waals surface area contributed by atoms with Crippen LogP contribution in [0.3, 0.4) is 0 Å². The first-order valence-corrected chi connectivity index (χ1v) is 3.79. The van der Waals surface area contributed by atoms with Crippen molar-refractivity contribution in [3.8, 4) is 0 Å². The van der Waals surface area contributed by atoms with E-state index < -0.39 is 0 Å². The van der Waals surface area contributed by atoms with Gasteiger partial charge in [-0.3, -0.25) is 0 Å². The molecule has 0 bridgehead atoms. The van der Waals surface area contributed by atoms with Crippen LogP contribution in [0.5, 0.6) is 0 Å². The summed E-state index contributed by atoms with van der Waals surface area (Å²) in [5, 5.41) is 9.37. The Balaban J connectivity index is 2.17. The summed E-state index contributed by atoms with van der Waals surface area (Å²) in [5.41, 5.74) is 6.56. The summed E-state index contributed by atoms with van der Waals surface area (Å²) in [4.78, 5) is 0. The van der Waals surface area contributed by atoms with Gasteiger partial charge in [0.05, 0.1) is 6.10 Å². The second kappa shape index (κ2) is 3.17. The Morgan fingerprint density at radius 1 is 1.70 bits per heavy atom. The van der Waals surface area contributed by atoms with Gasteiger partial charge in [0, 0.05) is 0 Å². The predicted octanol–water partition coefficient (Wildman–Crippen LogP) is 0.662. The topological polar surface area (TPSA) is 46.2 Å². The number of allylic oxidation sites excluding steroid dienone is 1. The summed E-state index contributed by atoms with van der Waals surface area (Å²) in [6.45, 7) is 4.40. The van der Waals surface area contributed by atoms with Gasteiger partial charge < -0.3 is 10.8 Å². The Hall–Kier alpha value is -0.340. The zero-order valence-electron chi connectivity index (χ0n) is 6.21. The van der Waals surface area contributed by atoms with E-state index in [2.05, 4.69) is 6.58 Å². The van der Waals surface area contributed by atoms with E-state index in [0.717, 1.165) is 19.3 Å². The van der Waals surface area contributed by atoms with Gasteiger partial charge in [-0.1, -0.05) is 12.2 Å². The van der Waals surface area contributed by atoms with E-state index in [1.807, 2.05) is 0 Å². The standard InChI is InChI=1S/C8H15NO/c1-6-4-7(5-6)8(10)2-3-9/h7-8,10H,1-5,9H2. The normalized spacial score (nSPS) is 22.4. The highest BCUT2D eigenvalue weighted by molar-refractivity contribution is 5.09. The molecule has 10 heavy (non-hydrogen) atoms. The third kappa shape index (κ3) is 1.58. The molecule has 0 spiro atoms. The van der Waals surface area contributed by atoms with Gasteiger partial charge in [0.2, 0.25) is 0 Å². The zero-order valence-corrected chi connectivity index (χ0v) is 6.21. The molecule has 1 atom stereocenters. The summed E-state index contributed by atoms with van der Waals surface area (Å²) < 4.78 is 0. The van der Waals surface area contributed by atoms with Crippen molar-refractivity contribution in [1.29, 1.82) is 0 Å². The molecule has 0 aromatic carbocycles.